The van der Waals surface area contributed by atoms with Crippen LogP contribution in [0.3, 0.4) is 0 Å². The molecule has 2 aromatic rings. The molecule has 1 N–H and O–H groups in total. The number of hydrogen-bond donors (Lipinski definition) is 1. The van der Waals surface area contributed by atoms with E-state index in [1.54, 1.807) is 43.1 Å². The zero-order chi connectivity index (χ0) is 21.0. The summed E-state index contributed by atoms with van der Waals surface area (Å²) >= 11 is 0. The van der Waals surface area contributed by atoms with Crippen molar-refractivity contribution in [3.8, 4) is 16.9 Å². The predicted octanol–water partition coefficient (Wildman–Crippen LogP) is 4.51. The van der Waals surface area contributed by atoms with Gasteiger partial charge in [0.15, 0.2) is 0 Å². The number of carbonyl (C=O) groups excluding carboxylic acids is 2. The van der Waals surface area contributed by atoms with Crippen LogP contribution in [0.25, 0.3) is 11.1 Å². The van der Waals surface area contributed by atoms with Gasteiger partial charge in [-0.25, -0.2) is 13.6 Å². The van der Waals surface area contributed by atoms with E-state index in [1.165, 1.54) is 12.1 Å². The first-order chi connectivity index (χ1) is 13.9. The lowest BCUT2D eigenvalue weighted by molar-refractivity contribution is -0.121. The van der Waals surface area contributed by atoms with Gasteiger partial charge in [0.2, 0.25) is 5.91 Å². The molecule has 1 saturated carbocycles. The Balaban J connectivity index is 1.58. The maximum Gasteiger partial charge on any atom is 0.415 e. The highest BCUT2D eigenvalue weighted by Crippen LogP contribution is 2.27. The van der Waals surface area contributed by atoms with E-state index in [9.17, 15) is 18.4 Å². The molecule has 0 radical (unpaired) electrons. The van der Waals surface area contributed by atoms with E-state index < -0.39 is 17.7 Å². The summed E-state index contributed by atoms with van der Waals surface area (Å²) in [4.78, 5) is 25.5. The Hall–Kier alpha value is -2.96. The second kappa shape index (κ2) is 9.03. The molecule has 2 atom stereocenters. The lowest BCUT2D eigenvalue weighted by Crippen LogP contribution is -2.39. The highest BCUT2D eigenvalue weighted by atomic mass is 19.1. The van der Waals surface area contributed by atoms with E-state index in [0.29, 0.717) is 24.2 Å². The van der Waals surface area contributed by atoms with Crippen LogP contribution in [0.1, 0.15) is 32.6 Å². The van der Waals surface area contributed by atoms with Crippen molar-refractivity contribution in [1.29, 1.82) is 0 Å². The van der Waals surface area contributed by atoms with Gasteiger partial charge in [0, 0.05) is 37.2 Å². The number of benzene rings is 2. The maximum absolute atomic E-state index is 13.9. The average Bonchev–Trinajstić information content (AvgIpc) is 3.16. The predicted molar refractivity (Wildman–Crippen MR) is 105 cm³/mol. The van der Waals surface area contributed by atoms with Gasteiger partial charge >= 0.3 is 6.09 Å². The number of hydrogen-bond acceptors (Lipinski definition) is 3. The van der Waals surface area contributed by atoms with Crippen LogP contribution in [0.2, 0.25) is 0 Å². The average molecular weight is 402 g/mol. The topological polar surface area (TPSA) is 58.6 Å². The van der Waals surface area contributed by atoms with Gasteiger partial charge in [0.25, 0.3) is 0 Å². The van der Waals surface area contributed by atoms with Crippen LogP contribution < -0.4 is 10.1 Å². The Labute approximate surface area is 168 Å². The van der Waals surface area contributed by atoms with Crippen LogP contribution in [0.4, 0.5) is 13.6 Å². The minimum absolute atomic E-state index is 0.00256. The zero-order valence-electron chi connectivity index (χ0n) is 16.5. The summed E-state index contributed by atoms with van der Waals surface area (Å²) in [5, 5.41) is 2.96. The smallest absolute Gasteiger partial charge is 0.410 e. The third kappa shape index (κ3) is 5.10. The lowest BCUT2D eigenvalue weighted by Gasteiger charge is -2.24. The SMILES string of the molecule is CCC(=O)N[C@H]1CC[C@@H](N(C)C(=O)Oc2ccc(-c3ccc(F)cc3F)cc2)C1. The van der Waals surface area contributed by atoms with Gasteiger partial charge in [0.05, 0.1) is 0 Å². The van der Waals surface area contributed by atoms with E-state index in [4.69, 9.17) is 4.74 Å². The number of ether oxygens (including phenoxy) is 1. The minimum atomic E-state index is -0.652. The summed E-state index contributed by atoms with van der Waals surface area (Å²) in [6, 6.07) is 9.84. The third-order valence-corrected chi connectivity index (χ3v) is 5.23. The monoisotopic (exact) mass is 402 g/mol. The molecule has 0 aromatic heterocycles. The Morgan fingerprint density at radius 2 is 1.86 bits per heavy atom. The highest BCUT2D eigenvalue weighted by Gasteiger charge is 2.31. The molecule has 7 heteroatoms. The Bertz CT molecular complexity index is 886. The summed E-state index contributed by atoms with van der Waals surface area (Å²) < 4.78 is 32.4. The first-order valence-electron chi connectivity index (χ1n) is 9.67. The van der Waals surface area contributed by atoms with E-state index >= 15 is 0 Å². The van der Waals surface area contributed by atoms with Crippen LogP contribution in [0, 0.1) is 11.6 Å². The third-order valence-electron chi connectivity index (χ3n) is 5.23. The van der Waals surface area contributed by atoms with Crippen LogP contribution in [0.15, 0.2) is 42.5 Å². The normalized spacial score (nSPS) is 18.3. The standard InChI is InChI=1S/C22H24F2N2O3/c1-3-21(27)25-16-7-8-17(13-16)26(2)22(28)29-18-9-4-14(5-10-18)19-11-6-15(23)12-20(19)24/h4-6,9-12,16-17H,3,7-8,13H2,1-2H3,(H,25,27)/t16-,17+/m0/s1. The largest absolute Gasteiger partial charge is 0.415 e. The van der Waals surface area contributed by atoms with Gasteiger partial charge in [0.1, 0.15) is 17.4 Å². The maximum atomic E-state index is 13.9. The summed E-state index contributed by atoms with van der Waals surface area (Å²) in [6.45, 7) is 1.81. The summed E-state index contributed by atoms with van der Waals surface area (Å²) in [5.41, 5.74) is 0.827. The Morgan fingerprint density at radius 1 is 1.14 bits per heavy atom. The number of nitrogens with zero attached hydrogens (tertiary/aromatic N) is 1. The molecule has 5 nitrogen and oxygen atoms in total. The number of amides is 2. The second-order valence-electron chi connectivity index (χ2n) is 7.21. The van der Waals surface area contributed by atoms with Crippen LogP contribution in [0.5, 0.6) is 5.75 Å². The van der Waals surface area contributed by atoms with Gasteiger partial charge in [-0.2, -0.15) is 0 Å². The first kappa shape index (κ1) is 20.8. The van der Waals surface area contributed by atoms with Gasteiger partial charge in [-0.1, -0.05) is 19.1 Å². The Morgan fingerprint density at radius 3 is 2.52 bits per heavy atom. The lowest BCUT2D eigenvalue weighted by atomic mass is 10.1. The van der Waals surface area contributed by atoms with Gasteiger partial charge < -0.3 is 15.0 Å². The molecule has 3 rings (SSSR count). The van der Waals surface area contributed by atoms with Gasteiger partial charge in [-0.3, -0.25) is 4.79 Å². The fourth-order valence-electron chi connectivity index (χ4n) is 3.52. The molecule has 2 amide bonds. The van der Waals surface area contributed by atoms with Crippen molar-refractivity contribution in [2.75, 3.05) is 7.05 Å². The quantitative estimate of drug-likeness (QED) is 0.801. The number of nitrogens with one attached hydrogen (secondary N) is 1. The van der Waals surface area contributed by atoms with Crippen molar-refractivity contribution in [2.24, 2.45) is 0 Å². The first-order valence-corrected chi connectivity index (χ1v) is 9.67. The number of carbonyl (C=O) groups is 2. The summed E-state index contributed by atoms with van der Waals surface area (Å²) in [5.74, 6) is -0.941. The van der Waals surface area contributed by atoms with Crippen molar-refractivity contribution in [3.63, 3.8) is 0 Å². The van der Waals surface area contributed by atoms with Crippen molar-refractivity contribution in [1.82, 2.24) is 10.2 Å². The fourth-order valence-corrected chi connectivity index (χ4v) is 3.52. The second-order valence-corrected chi connectivity index (χ2v) is 7.21. The number of halogens is 2. The van der Waals surface area contributed by atoms with E-state index in [2.05, 4.69) is 5.32 Å². The molecule has 154 valence electrons. The van der Waals surface area contributed by atoms with E-state index in [0.717, 1.165) is 18.9 Å². The number of rotatable bonds is 5. The van der Waals surface area contributed by atoms with Crippen molar-refractivity contribution in [3.05, 3.63) is 54.1 Å². The molecule has 0 spiro atoms. The molecule has 1 aliphatic rings. The van der Waals surface area contributed by atoms with Gasteiger partial charge in [-0.05, 0) is 49.1 Å². The van der Waals surface area contributed by atoms with Crippen LogP contribution in [-0.4, -0.2) is 36.0 Å². The van der Waals surface area contributed by atoms with E-state index in [1.807, 2.05) is 0 Å². The molecule has 0 saturated heterocycles. The van der Waals surface area contributed by atoms with Crippen molar-refractivity contribution in [2.45, 2.75) is 44.7 Å². The molecule has 29 heavy (non-hydrogen) atoms. The molecule has 0 bridgehead atoms. The van der Waals surface area contributed by atoms with Crippen LogP contribution >= 0.6 is 0 Å². The Kier molecular flexibility index (Phi) is 6.46. The highest BCUT2D eigenvalue weighted by molar-refractivity contribution is 5.76. The molecular formula is C22H24F2N2O3. The minimum Gasteiger partial charge on any atom is -0.410 e. The summed E-state index contributed by atoms with van der Waals surface area (Å²) in [6.07, 6.45) is 2.27. The summed E-state index contributed by atoms with van der Waals surface area (Å²) in [7, 11) is 1.68. The van der Waals surface area contributed by atoms with Crippen molar-refractivity contribution >= 4 is 12.0 Å². The zero-order valence-corrected chi connectivity index (χ0v) is 16.5. The molecule has 0 unspecified atom stereocenters. The van der Waals surface area contributed by atoms with Gasteiger partial charge in [-0.15, -0.1) is 0 Å². The molecular weight excluding hydrogens is 378 g/mol. The van der Waals surface area contributed by atoms with Crippen molar-refractivity contribution < 1.29 is 23.1 Å². The molecule has 0 heterocycles. The molecule has 2 aromatic carbocycles. The molecule has 1 aliphatic carbocycles. The molecule has 1 fully saturated rings. The molecule has 0 aliphatic heterocycles. The van der Waals surface area contributed by atoms with E-state index in [-0.39, 0.29) is 23.6 Å². The van der Waals surface area contributed by atoms with Crippen LogP contribution in [-0.2, 0) is 4.79 Å². The fraction of sp³-hybridized carbons (Fsp3) is 0.364.